The normalized spacial score (nSPS) is 11.8. The van der Waals surface area contributed by atoms with E-state index < -0.39 is 0 Å². The molecule has 3 aromatic rings. The molecule has 0 fully saturated rings. The van der Waals surface area contributed by atoms with Gasteiger partial charge in [-0.2, -0.15) is 0 Å². The van der Waals surface area contributed by atoms with Crippen molar-refractivity contribution in [2.45, 2.75) is 27.3 Å². The van der Waals surface area contributed by atoms with Crippen LogP contribution in [0.1, 0.15) is 25.1 Å². The van der Waals surface area contributed by atoms with Gasteiger partial charge in [0.1, 0.15) is 5.69 Å². The Morgan fingerprint density at radius 1 is 1.00 bits per heavy atom. The van der Waals surface area contributed by atoms with Crippen LogP contribution < -0.4 is 16.2 Å². The van der Waals surface area contributed by atoms with E-state index >= 15 is 0 Å². The van der Waals surface area contributed by atoms with E-state index in [0.717, 1.165) is 36.7 Å². The summed E-state index contributed by atoms with van der Waals surface area (Å²) < 4.78 is 3.57. The maximum Gasteiger partial charge on any atom is 0.295 e. The zero-order valence-electron chi connectivity index (χ0n) is 19.6. The molecule has 31 heavy (non-hydrogen) atoms. The molecule has 0 spiro atoms. The molecule has 0 aliphatic heterocycles. The van der Waals surface area contributed by atoms with Gasteiger partial charge in [0, 0.05) is 32.4 Å². The second-order valence-electron chi connectivity index (χ2n) is 9.26. The van der Waals surface area contributed by atoms with Crippen LogP contribution in [-0.2, 0) is 13.6 Å². The average Bonchev–Trinajstić information content (AvgIpc) is 2.92. The predicted octanol–water partition coefficient (Wildman–Crippen LogP) is 3.91. The van der Waals surface area contributed by atoms with Crippen LogP contribution in [0.5, 0.6) is 0 Å². The first kappa shape index (κ1) is 22.8. The predicted molar refractivity (Wildman–Crippen MR) is 130 cm³/mol. The Labute approximate surface area is 185 Å². The lowest BCUT2D eigenvalue weighted by Gasteiger charge is -2.28. The Hall–Kier alpha value is -2.83. The van der Waals surface area contributed by atoms with Crippen molar-refractivity contribution in [3.63, 3.8) is 0 Å². The van der Waals surface area contributed by atoms with Crippen LogP contribution in [0.25, 0.3) is 5.69 Å². The first-order valence-corrected chi connectivity index (χ1v) is 10.7. The molecule has 166 valence electrons. The molecule has 6 nitrogen and oxygen atoms in total. The minimum Gasteiger partial charge on any atom is -0.349 e. The zero-order valence-corrected chi connectivity index (χ0v) is 19.6. The number of hydrogen-bond acceptors (Lipinski definition) is 4. The molecule has 0 radical (unpaired) electrons. The van der Waals surface area contributed by atoms with Gasteiger partial charge < -0.3 is 15.5 Å². The van der Waals surface area contributed by atoms with Crippen molar-refractivity contribution in [3.8, 4) is 5.69 Å². The highest BCUT2D eigenvalue weighted by Crippen LogP contribution is 2.20. The van der Waals surface area contributed by atoms with Crippen LogP contribution in [0.2, 0.25) is 0 Å². The number of nitrogens with one attached hydrogen (secondary N) is 2. The molecule has 1 aromatic heterocycles. The van der Waals surface area contributed by atoms with E-state index in [1.54, 1.807) is 4.68 Å². The smallest absolute Gasteiger partial charge is 0.295 e. The highest BCUT2D eigenvalue weighted by atomic mass is 16.1. The van der Waals surface area contributed by atoms with E-state index in [9.17, 15) is 4.79 Å². The van der Waals surface area contributed by atoms with Gasteiger partial charge in [0.2, 0.25) is 0 Å². The monoisotopic (exact) mass is 421 g/mol. The molecule has 0 saturated heterocycles. The first-order valence-electron chi connectivity index (χ1n) is 10.7. The van der Waals surface area contributed by atoms with E-state index in [4.69, 9.17) is 0 Å². The second kappa shape index (κ2) is 9.54. The van der Waals surface area contributed by atoms with Crippen molar-refractivity contribution in [1.29, 1.82) is 0 Å². The summed E-state index contributed by atoms with van der Waals surface area (Å²) in [6.07, 6.45) is 0. The van der Waals surface area contributed by atoms with Crippen molar-refractivity contribution >= 4 is 11.4 Å². The topological polar surface area (TPSA) is 54.2 Å². The molecular formula is C25H35N5O. The van der Waals surface area contributed by atoms with Gasteiger partial charge in [-0.25, -0.2) is 4.68 Å². The fourth-order valence-electron chi connectivity index (χ4n) is 4.02. The van der Waals surface area contributed by atoms with Gasteiger partial charge in [0.05, 0.1) is 11.4 Å². The van der Waals surface area contributed by atoms with E-state index in [1.165, 1.54) is 5.56 Å². The van der Waals surface area contributed by atoms with Gasteiger partial charge in [0.15, 0.2) is 0 Å². The van der Waals surface area contributed by atoms with Crippen LogP contribution >= 0.6 is 0 Å². The Kier molecular flexibility index (Phi) is 7.03. The van der Waals surface area contributed by atoms with Gasteiger partial charge in [0.25, 0.3) is 5.56 Å². The minimum absolute atomic E-state index is 0.0555. The summed E-state index contributed by atoms with van der Waals surface area (Å²) in [6, 6.07) is 17.9. The van der Waals surface area contributed by atoms with Crippen LogP contribution in [0.3, 0.4) is 0 Å². The molecule has 3 rings (SSSR count). The third-order valence-corrected chi connectivity index (χ3v) is 5.45. The van der Waals surface area contributed by atoms with E-state index in [1.807, 2.05) is 61.1 Å². The molecule has 0 unspecified atom stereocenters. The molecule has 2 aromatic carbocycles. The van der Waals surface area contributed by atoms with Gasteiger partial charge in [-0.05, 0) is 56.3 Å². The third kappa shape index (κ3) is 5.66. The lowest BCUT2D eigenvalue weighted by molar-refractivity contribution is 0.232. The van der Waals surface area contributed by atoms with Crippen molar-refractivity contribution in [3.05, 3.63) is 76.2 Å². The third-order valence-electron chi connectivity index (χ3n) is 5.45. The van der Waals surface area contributed by atoms with Crippen molar-refractivity contribution in [1.82, 2.24) is 19.6 Å². The highest BCUT2D eigenvalue weighted by molar-refractivity contribution is 5.62. The zero-order chi connectivity index (χ0) is 22.6. The second-order valence-corrected chi connectivity index (χ2v) is 9.26. The number of aromatic nitrogens is 2. The molecule has 0 bridgehead atoms. The van der Waals surface area contributed by atoms with Crippen LogP contribution in [0.15, 0.2) is 59.4 Å². The molecule has 1 heterocycles. The summed E-state index contributed by atoms with van der Waals surface area (Å²) in [5, 5.41) is 6.88. The molecule has 0 amide bonds. The number of anilines is 2. The number of benzene rings is 2. The summed E-state index contributed by atoms with van der Waals surface area (Å²) in [5.74, 6) is 0. The summed E-state index contributed by atoms with van der Waals surface area (Å²) in [4.78, 5) is 15.3. The Morgan fingerprint density at radius 2 is 1.65 bits per heavy atom. The first-order chi connectivity index (χ1) is 14.7. The van der Waals surface area contributed by atoms with Gasteiger partial charge in [-0.1, -0.05) is 44.2 Å². The Morgan fingerprint density at radius 3 is 2.26 bits per heavy atom. The molecular weight excluding hydrogens is 386 g/mol. The number of para-hydroxylation sites is 1. The molecule has 0 aliphatic carbocycles. The van der Waals surface area contributed by atoms with Gasteiger partial charge in [-0.15, -0.1) is 0 Å². The molecule has 0 aliphatic rings. The van der Waals surface area contributed by atoms with Gasteiger partial charge in [-0.3, -0.25) is 9.48 Å². The molecule has 2 N–H and O–H groups in total. The summed E-state index contributed by atoms with van der Waals surface area (Å²) in [6.45, 7) is 9.32. The van der Waals surface area contributed by atoms with Crippen LogP contribution in [0.4, 0.5) is 11.4 Å². The van der Waals surface area contributed by atoms with E-state index in [-0.39, 0.29) is 11.0 Å². The molecule has 6 heteroatoms. The lowest BCUT2D eigenvalue weighted by Crippen LogP contribution is -2.37. The van der Waals surface area contributed by atoms with Crippen molar-refractivity contribution in [2.24, 2.45) is 12.5 Å². The maximum absolute atomic E-state index is 13.1. The van der Waals surface area contributed by atoms with Crippen LogP contribution in [0, 0.1) is 12.3 Å². The fraction of sp³-hybridized carbons (Fsp3) is 0.400. The van der Waals surface area contributed by atoms with Crippen molar-refractivity contribution in [2.75, 3.05) is 32.5 Å². The standard InChI is InChI=1S/C25H35N5O/c1-19-23(24(31)30(29(19)6)22-10-8-7-9-11-22)27-21-14-12-20(13-15-21)16-26-17-25(2,3)18-28(4)5/h7-15,26-27H,16-18H2,1-6H3. The maximum atomic E-state index is 13.1. The average molecular weight is 422 g/mol. The number of hydrogen-bond donors (Lipinski definition) is 2. The number of nitrogens with zero attached hydrogens (tertiary/aromatic N) is 3. The summed E-state index contributed by atoms with van der Waals surface area (Å²) in [5.41, 5.74) is 4.63. The summed E-state index contributed by atoms with van der Waals surface area (Å²) >= 11 is 0. The highest BCUT2D eigenvalue weighted by Gasteiger charge is 2.18. The van der Waals surface area contributed by atoms with Crippen molar-refractivity contribution < 1.29 is 0 Å². The largest absolute Gasteiger partial charge is 0.349 e. The Balaban J connectivity index is 1.68. The molecule has 0 atom stereocenters. The van der Waals surface area contributed by atoms with E-state index in [0.29, 0.717) is 5.69 Å². The SMILES string of the molecule is Cc1c(Nc2ccc(CNCC(C)(C)CN(C)C)cc2)c(=O)n(-c2ccccc2)n1C. The lowest BCUT2D eigenvalue weighted by atomic mass is 9.93. The van der Waals surface area contributed by atoms with Crippen LogP contribution in [-0.4, -0.2) is 41.4 Å². The molecule has 0 saturated carbocycles. The summed E-state index contributed by atoms with van der Waals surface area (Å²) in [7, 11) is 6.12. The number of rotatable bonds is 9. The van der Waals surface area contributed by atoms with Gasteiger partial charge >= 0.3 is 0 Å². The minimum atomic E-state index is -0.0555. The Bertz CT molecular complexity index is 1050. The fourth-order valence-corrected chi connectivity index (χ4v) is 4.02. The quantitative estimate of drug-likeness (QED) is 0.550. The van der Waals surface area contributed by atoms with E-state index in [2.05, 4.69) is 55.6 Å².